The van der Waals surface area contributed by atoms with Gasteiger partial charge in [-0.15, -0.1) is 0 Å². The summed E-state index contributed by atoms with van der Waals surface area (Å²) in [7, 11) is 2.48. The van der Waals surface area contributed by atoms with E-state index >= 15 is 0 Å². The summed E-state index contributed by atoms with van der Waals surface area (Å²) in [5.41, 5.74) is 0.0609. The number of ether oxygens (including phenoxy) is 2. The molecule has 0 saturated heterocycles. The van der Waals surface area contributed by atoms with Crippen LogP contribution in [0.5, 0.6) is 5.75 Å². The Morgan fingerprint density at radius 1 is 1.07 bits per heavy atom. The van der Waals surface area contributed by atoms with Crippen molar-refractivity contribution >= 4 is 0 Å². The van der Waals surface area contributed by atoms with Crippen molar-refractivity contribution in [2.45, 2.75) is 12.3 Å². The van der Waals surface area contributed by atoms with Gasteiger partial charge in [0.05, 0.1) is 7.11 Å². The van der Waals surface area contributed by atoms with Crippen LogP contribution >= 0.6 is 0 Å². The van der Waals surface area contributed by atoms with Gasteiger partial charge in [0.15, 0.2) is 6.10 Å². The molecule has 5 heteroatoms. The lowest BCUT2D eigenvalue weighted by Crippen LogP contribution is -2.22. The summed E-state index contributed by atoms with van der Waals surface area (Å²) in [6.45, 7) is 0. The monoisotopic (exact) mass is 220 g/mol. The summed E-state index contributed by atoms with van der Waals surface area (Å²) < 4.78 is 46.6. The number of rotatable bonds is 3. The van der Waals surface area contributed by atoms with Crippen molar-refractivity contribution in [2.24, 2.45) is 0 Å². The highest BCUT2D eigenvalue weighted by atomic mass is 19.4. The highest BCUT2D eigenvalue weighted by Crippen LogP contribution is 2.35. The largest absolute Gasteiger partial charge is 0.497 e. The second-order valence-electron chi connectivity index (χ2n) is 2.93. The molecule has 0 amide bonds. The first kappa shape index (κ1) is 11.8. The van der Waals surface area contributed by atoms with E-state index < -0.39 is 12.3 Å². The van der Waals surface area contributed by atoms with Gasteiger partial charge in [-0.2, -0.15) is 13.2 Å². The Labute approximate surface area is 85.6 Å². The van der Waals surface area contributed by atoms with Crippen LogP contribution < -0.4 is 4.74 Å². The summed E-state index contributed by atoms with van der Waals surface area (Å²) in [4.78, 5) is 0. The quantitative estimate of drug-likeness (QED) is 0.779. The van der Waals surface area contributed by atoms with Crippen LogP contribution in [0, 0.1) is 0 Å². The Bertz CT molecular complexity index is 305. The molecule has 84 valence electrons. The molecule has 1 aromatic rings. The molecule has 0 spiro atoms. The van der Waals surface area contributed by atoms with Crippen LogP contribution in [-0.2, 0) is 4.74 Å². The van der Waals surface area contributed by atoms with E-state index in [-0.39, 0.29) is 5.56 Å². The number of hydrogen-bond acceptors (Lipinski definition) is 2. The minimum absolute atomic E-state index is 0.0609. The van der Waals surface area contributed by atoms with Crippen molar-refractivity contribution in [2.75, 3.05) is 14.2 Å². The first-order valence-corrected chi connectivity index (χ1v) is 4.22. The fourth-order valence-electron chi connectivity index (χ4n) is 1.24. The zero-order valence-electron chi connectivity index (χ0n) is 8.34. The highest BCUT2D eigenvalue weighted by molar-refractivity contribution is 5.29. The standard InChI is InChI=1S/C10H11F3O2/c1-14-8-5-3-7(4-6-8)9(15-2)10(11,12)13/h3-6,9H,1-2H3. The molecule has 15 heavy (non-hydrogen) atoms. The molecule has 0 bridgehead atoms. The summed E-state index contributed by atoms with van der Waals surface area (Å²) >= 11 is 0. The zero-order chi connectivity index (χ0) is 11.5. The molecule has 1 aromatic carbocycles. The molecule has 0 aromatic heterocycles. The first-order chi connectivity index (χ1) is 6.99. The van der Waals surface area contributed by atoms with Crippen molar-refractivity contribution in [3.63, 3.8) is 0 Å². The minimum atomic E-state index is -4.40. The maximum absolute atomic E-state index is 12.4. The molecule has 1 rings (SSSR count). The SMILES string of the molecule is COc1ccc(C(OC)C(F)(F)F)cc1. The van der Waals surface area contributed by atoms with E-state index in [1.807, 2.05) is 0 Å². The molecule has 1 atom stereocenters. The van der Waals surface area contributed by atoms with E-state index in [2.05, 4.69) is 4.74 Å². The smallest absolute Gasteiger partial charge is 0.418 e. The third-order valence-electron chi connectivity index (χ3n) is 1.95. The number of benzene rings is 1. The van der Waals surface area contributed by atoms with Gasteiger partial charge in [0.2, 0.25) is 0 Å². The van der Waals surface area contributed by atoms with E-state index in [1.54, 1.807) is 0 Å². The Morgan fingerprint density at radius 2 is 1.60 bits per heavy atom. The zero-order valence-corrected chi connectivity index (χ0v) is 8.34. The summed E-state index contributed by atoms with van der Waals surface area (Å²) in [5, 5.41) is 0. The van der Waals surface area contributed by atoms with Gasteiger partial charge < -0.3 is 9.47 Å². The van der Waals surface area contributed by atoms with Gasteiger partial charge in [-0.25, -0.2) is 0 Å². The molecular weight excluding hydrogens is 209 g/mol. The highest BCUT2D eigenvalue weighted by Gasteiger charge is 2.41. The van der Waals surface area contributed by atoms with Crippen molar-refractivity contribution in [3.8, 4) is 5.75 Å². The van der Waals surface area contributed by atoms with Crippen LogP contribution in [0.25, 0.3) is 0 Å². The summed E-state index contributed by atoms with van der Waals surface area (Å²) in [5.74, 6) is 0.510. The van der Waals surface area contributed by atoms with Crippen LogP contribution in [0.15, 0.2) is 24.3 Å². The molecule has 2 nitrogen and oxygen atoms in total. The third kappa shape index (κ3) is 2.86. The van der Waals surface area contributed by atoms with Crippen LogP contribution in [0.2, 0.25) is 0 Å². The van der Waals surface area contributed by atoms with E-state index in [0.29, 0.717) is 5.75 Å². The van der Waals surface area contributed by atoms with E-state index in [1.165, 1.54) is 31.4 Å². The molecule has 0 aliphatic heterocycles. The van der Waals surface area contributed by atoms with E-state index in [0.717, 1.165) is 7.11 Å². The van der Waals surface area contributed by atoms with Gasteiger partial charge in [0, 0.05) is 7.11 Å². The first-order valence-electron chi connectivity index (χ1n) is 4.22. The molecular formula is C10H11F3O2. The molecule has 0 fully saturated rings. The van der Waals surface area contributed by atoms with Crippen LogP contribution in [0.4, 0.5) is 13.2 Å². The molecule has 0 radical (unpaired) electrons. The lowest BCUT2D eigenvalue weighted by molar-refractivity contribution is -0.215. The predicted octanol–water partition coefficient (Wildman–Crippen LogP) is 2.95. The molecule has 0 N–H and O–H groups in total. The Morgan fingerprint density at radius 3 is 1.93 bits per heavy atom. The second kappa shape index (κ2) is 4.53. The van der Waals surface area contributed by atoms with Gasteiger partial charge in [-0.1, -0.05) is 12.1 Å². The Kier molecular flexibility index (Phi) is 3.57. The second-order valence-corrected chi connectivity index (χ2v) is 2.93. The molecule has 0 aliphatic rings. The van der Waals surface area contributed by atoms with Crippen molar-refractivity contribution < 1.29 is 22.6 Å². The third-order valence-corrected chi connectivity index (χ3v) is 1.95. The number of alkyl halides is 3. The lowest BCUT2D eigenvalue weighted by Gasteiger charge is -2.19. The van der Waals surface area contributed by atoms with Crippen molar-refractivity contribution in [1.82, 2.24) is 0 Å². The number of methoxy groups -OCH3 is 2. The van der Waals surface area contributed by atoms with E-state index in [9.17, 15) is 13.2 Å². The average molecular weight is 220 g/mol. The van der Waals surface area contributed by atoms with Gasteiger partial charge >= 0.3 is 6.18 Å². The van der Waals surface area contributed by atoms with Crippen molar-refractivity contribution in [1.29, 1.82) is 0 Å². The normalized spacial score (nSPS) is 13.7. The topological polar surface area (TPSA) is 18.5 Å². The fourth-order valence-corrected chi connectivity index (χ4v) is 1.24. The maximum atomic E-state index is 12.4. The number of hydrogen-bond donors (Lipinski definition) is 0. The van der Waals surface area contributed by atoms with Gasteiger partial charge in [-0.05, 0) is 17.7 Å². The van der Waals surface area contributed by atoms with Crippen LogP contribution in [0.3, 0.4) is 0 Å². The molecule has 0 heterocycles. The van der Waals surface area contributed by atoms with Crippen molar-refractivity contribution in [3.05, 3.63) is 29.8 Å². The van der Waals surface area contributed by atoms with Crippen LogP contribution in [-0.4, -0.2) is 20.4 Å². The van der Waals surface area contributed by atoms with Gasteiger partial charge in [0.1, 0.15) is 5.75 Å². The fraction of sp³-hybridized carbons (Fsp3) is 0.400. The summed E-state index contributed by atoms with van der Waals surface area (Å²) in [6, 6.07) is 5.60. The predicted molar refractivity (Wildman–Crippen MR) is 48.8 cm³/mol. The van der Waals surface area contributed by atoms with Gasteiger partial charge in [0.25, 0.3) is 0 Å². The number of halogens is 3. The molecule has 1 unspecified atom stereocenters. The lowest BCUT2D eigenvalue weighted by atomic mass is 10.1. The summed E-state index contributed by atoms with van der Waals surface area (Å²) in [6.07, 6.45) is -6.29. The molecule has 0 aliphatic carbocycles. The van der Waals surface area contributed by atoms with Gasteiger partial charge in [-0.3, -0.25) is 0 Å². The minimum Gasteiger partial charge on any atom is -0.497 e. The van der Waals surface area contributed by atoms with E-state index in [4.69, 9.17) is 4.74 Å². The maximum Gasteiger partial charge on any atom is 0.418 e. The van der Waals surface area contributed by atoms with Crippen LogP contribution in [0.1, 0.15) is 11.7 Å². The Balaban J connectivity index is 2.93. The Hall–Kier alpha value is -1.23. The molecule has 0 saturated carbocycles. The average Bonchev–Trinajstić information content (AvgIpc) is 2.18.